The quantitative estimate of drug-likeness (QED) is 0.707. The average molecular weight is 272 g/mol. The monoisotopic (exact) mass is 272 g/mol. The van der Waals surface area contributed by atoms with Crippen LogP contribution < -0.4 is 15.6 Å². The third-order valence-corrected chi connectivity index (χ3v) is 3.13. The summed E-state index contributed by atoms with van der Waals surface area (Å²) in [6.45, 7) is 2.58. The molecule has 0 amide bonds. The SMILES string of the molecule is CCc1cc(CNNc2ccccc2)c(O)c(OC)c1. The number of methoxy groups -OCH3 is 1. The molecule has 0 unspecified atom stereocenters. The summed E-state index contributed by atoms with van der Waals surface area (Å²) in [5.74, 6) is 0.702. The molecule has 0 radical (unpaired) electrons. The summed E-state index contributed by atoms with van der Waals surface area (Å²) in [6.07, 6.45) is 0.899. The highest BCUT2D eigenvalue weighted by Gasteiger charge is 2.09. The van der Waals surface area contributed by atoms with E-state index in [-0.39, 0.29) is 5.75 Å². The van der Waals surface area contributed by atoms with Gasteiger partial charge in [-0.05, 0) is 30.2 Å². The first-order valence-electron chi connectivity index (χ1n) is 6.67. The Balaban J connectivity index is 2.05. The fourth-order valence-electron chi connectivity index (χ4n) is 1.99. The number of phenolic OH excluding ortho intramolecular Hbond substituents is 1. The summed E-state index contributed by atoms with van der Waals surface area (Å²) in [5, 5.41) is 10.1. The van der Waals surface area contributed by atoms with Crippen molar-refractivity contribution >= 4 is 5.69 Å². The molecule has 0 atom stereocenters. The van der Waals surface area contributed by atoms with Gasteiger partial charge in [0, 0.05) is 17.8 Å². The Morgan fingerprint density at radius 3 is 2.55 bits per heavy atom. The second-order valence-corrected chi connectivity index (χ2v) is 4.50. The van der Waals surface area contributed by atoms with E-state index in [1.807, 2.05) is 42.5 Å². The van der Waals surface area contributed by atoms with Crippen molar-refractivity contribution < 1.29 is 9.84 Å². The first-order chi connectivity index (χ1) is 9.74. The van der Waals surface area contributed by atoms with Gasteiger partial charge in [-0.2, -0.15) is 0 Å². The van der Waals surface area contributed by atoms with Gasteiger partial charge in [0.15, 0.2) is 11.5 Å². The van der Waals surface area contributed by atoms with Gasteiger partial charge in [0.05, 0.1) is 7.11 Å². The maximum Gasteiger partial charge on any atom is 0.162 e. The minimum absolute atomic E-state index is 0.187. The number of ether oxygens (including phenoxy) is 1. The first-order valence-corrected chi connectivity index (χ1v) is 6.67. The van der Waals surface area contributed by atoms with E-state index in [2.05, 4.69) is 17.8 Å². The van der Waals surface area contributed by atoms with Crippen LogP contribution in [-0.2, 0) is 13.0 Å². The minimum Gasteiger partial charge on any atom is -0.504 e. The zero-order valence-corrected chi connectivity index (χ0v) is 11.8. The van der Waals surface area contributed by atoms with Crippen LogP contribution in [0.1, 0.15) is 18.1 Å². The van der Waals surface area contributed by atoms with E-state index in [0.29, 0.717) is 12.3 Å². The number of rotatable bonds is 6. The van der Waals surface area contributed by atoms with Crippen molar-refractivity contribution in [2.45, 2.75) is 19.9 Å². The molecule has 0 aromatic heterocycles. The van der Waals surface area contributed by atoms with E-state index < -0.39 is 0 Å². The maximum absolute atomic E-state index is 10.1. The number of phenols is 1. The second kappa shape index (κ2) is 6.82. The predicted molar refractivity (Wildman–Crippen MR) is 80.9 cm³/mol. The molecule has 2 aromatic carbocycles. The Kier molecular flexibility index (Phi) is 4.85. The molecule has 106 valence electrons. The molecular formula is C16H20N2O2. The van der Waals surface area contributed by atoms with Crippen molar-refractivity contribution in [3.05, 3.63) is 53.6 Å². The highest BCUT2D eigenvalue weighted by Crippen LogP contribution is 2.31. The predicted octanol–water partition coefficient (Wildman–Crippen LogP) is 3.08. The Bertz CT molecular complexity index is 556. The van der Waals surface area contributed by atoms with Crippen LogP contribution in [0, 0.1) is 0 Å². The van der Waals surface area contributed by atoms with E-state index in [0.717, 1.165) is 23.2 Å². The number of benzene rings is 2. The van der Waals surface area contributed by atoms with E-state index in [1.165, 1.54) is 0 Å². The first kappa shape index (κ1) is 14.2. The summed E-state index contributed by atoms with van der Waals surface area (Å²) in [5.41, 5.74) is 9.11. The normalized spacial score (nSPS) is 10.3. The molecule has 0 spiro atoms. The number of hydrazine groups is 1. The lowest BCUT2D eigenvalue weighted by molar-refractivity contribution is 0.369. The molecule has 4 heteroatoms. The van der Waals surface area contributed by atoms with Gasteiger partial charge >= 0.3 is 0 Å². The second-order valence-electron chi connectivity index (χ2n) is 4.50. The number of hydrogen-bond donors (Lipinski definition) is 3. The third kappa shape index (κ3) is 3.42. The summed E-state index contributed by atoms with van der Waals surface area (Å²) >= 11 is 0. The van der Waals surface area contributed by atoms with Crippen molar-refractivity contribution in [3.8, 4) is 11.5 Å². The molecule has 0 aliphatic heterocycles. The molecule has 0 bridgehead atoms. The van der Waals surface area contributed by atoms with Gasteiger partial charge in [-0.15, -0.1) is 0 Å². The molecule has 0 aliphatic carbocycles. The highest BCUT2D eigenvalue weighted by atomic mass is 16.5. The Morgan fingerprint density at radius 1 is 1.15 bits per heavy atom. The Morgan fingerprint density at radius 2 is 1.90 bits per heavy atom. The van der Waals surface area contributed by atoms with Gasteiger partial charge in [-0.25, -0.2) is 5.43 Å². The summed E-state index contributed by atoms with van der Waals surface area (Å²) in [7, 11) is 1.56. The van der Waals surface area contributed by atoms with Crippen LogP contribution >= 0.6 is 0 Å². The number of para-hydroxylation sites is 1. The molecule has 0 saturated carbocycles. The standard InChI is InChI=1S/C16H20N2O2/c1-3-12-9-13(16(19)15(10-12)20-2)11-17-18-14-7-5-4-6-8-14/h4-10,17-19H,3,11H2,1-2H3. The van der Waals surface area contributed by atoms with Crippen molar-refractivity contribution in [2.24, 2.45) is 0 Å². The molecule has 2 rings (SSSR count). The Hall–Kier alpha value is -2.20. The third-order valence-electron chi connectivity index (χ3n) is 3.13. The van der Waals surface area contributed by atoms with Gasteiger partial charge < -0.3 is 15.3 Å². The molecule has 0 aliphatic rings. The number of aromatic hydroxyl groups is 1. The topological polar surface area (TPSA) is 53.5 Å². The van der Waals surface area contributed by atoms with Crippen molar-refractivity contribution in [3.63, 3.8) is 0 Å². The minimum atomic E-state index is 0.187. The largest absolute Gasteiger partial charge is 0.504 e. The van der Waals surface area contributed by atoms with Crippen LogP contribution in [0.25, 0.3) is 0 Å². The van der Waals surface area contributed by atoms with E-state index in [9.17, 15) is 5.11 Å². The fourth-order valence-corrected chi connectivity index (χ4v) is 1.99. The van der Waals surface area contributed by atoms with E-state index in [1.54, 1.807) is 7.11 Å². The zero-order chi connectivity index (χ0) is 14.4. The van der Waals surface area contributed by atoms with E-state index >= 15 is 0 Å². The number of hydrogen-bond acceptors (Lipinski definition) is 4. The van der Waals surface area contributed by atoms with Crippen LogP contribution in [0.5, 0.6) is 11.5 Å². The Labute approximate surface area is 119 Å². The van der Waals surface area contributed by atoms with Gasteiger partial charge in [0.25, 0.3) is 0 Å². The lowest BCUT2D eigenvalue weighted by Gasteiger charge is -2.13. The molecular weight excluding hydrogens is 252 g/mol. The average Bonchev–Trinajstić information content (AvgIpc) is 2.50. The van der Waals surface area contributed by atoms with Crippen molar-refractivity contribution in [1.29, 1.82) is 0 Å². The molecule has 20 heavy (non-hydrogen) atoms. The van der Waals surface area contributed by atoms with Crippen LogP contribution in [0.15, 0.2) is 42.5 Å². The molecule has 0 fully saturated rings. The fraction of sp³-hybridized carbons (Fsp3) is 0.250. The summed E-state index contributed by atoms with van der Waals surface area (Å²) in [6, 6.07) is 13.7. The van der Waals surface area contributed by atoms with Gasteiger partial charge in [0.1, 0.15) is 0 Å². The van der Waals surface area contributed by atoms with Gasteiger partial charge in [-0.3, -0.25) is 0 Å². The zero-order valence-electron chi connectivity index (χ0n) is 11.8. The number of anilines is 1. The van der Waals surface area contributed by atoms with Crippen LogP contribution in [-0.4, -0.2) is 12.2 Å². The molecule has 4 nitrogen and oxygen atoms in total. The lowest BCUT2D eigenvalue weighted by Crippen LogP contribution is -2.21. The molecule has 2 aromatic rings. The highest BCUT2D eigenvalue weighted by molar-refractivity contribution is 5.49. The molecule has 0 saturated heterocycles. The van der Waals surface area contributed by atoms with Crippen LogP contribution in [0.3, 0.4) is 0 Å². The van der Waals surface area contributed by atoms with Gasteiger partial charge in [0.2, 0.25) is 0 Å². The lowest BCUT2D eigenvalue weighted by atomic mass is 10.1. The van der Waals surface area contributed by atoms with Gasteiger partial charge in [-0.1, -0.05) is 31.2 Å². The molecule has 3 N–H and O–H groups in total. The summed E-state index contributed by atoms with van der Waals surface area (Å²) in [4.78, 5) is 0. The smallest absolute Gasteiger partial charge is 0.162 e. The van der Waals surface area contributed by atoms with Crippen molar-refractivity contribution in [2.75, 3.05) is 12.5 Å². The van der Waals surface area contributed by atoms with Crippen LogP contribution in [0.2, 0.25) is 0 Å². The molecule has 0 heterocycles. The summed E-state index contributed by atoms with van der Waals surface area (Å²) < 4.78 is 5.19. The van der Waals surface area contributed by atoms with E-state index in [4.69, 9.17) is 4.74 Å². The number of nitrogens with one attached hydrogen (secondary N) is 2. The van der Waals surface area contributed by atoms with Crippen LogP contribution in [0.4, 0.5) is 5.69 Å². The number of aryl methyl sites for hydroxylation is 1. The van der Waals surface area contributed by atoms with Crippen molar-refractivity contribution in [1.82, 2.24) is 5.43 Å². The maximum atomic E-state index is 10.1.